The Labute approximate surface area is 213 Å². The van der Waals surface area contributed by atoms with Gasteiger partial charge in [-0.3, -0.25) is 9.59 Å². The molecule has 0 unspecified atom stereocenters. The zero-order valence-corrected chi connectivity index (χ0v) is 20.7. The first-order valence-corrected chi connectivity index (χ1v) is 12.0. The predicted molar refractivity (Wildman–Crippen MR) is 138 cm³/mol. The van der Waals surface area contributed by atoms with Gasteiger partial charge in [0, 0.05) is 35.0 Å². The summed E-state index contributed by atoms with van der Waals surface area (Å²) in [7, 11) is 0. The first kappa shape index (κ1) is 24.4. The van der Waals surface area contributed by atoms with Gasteiger partial charge in [-0.2, -0.15) is 0 Å². The van der Waals surface area contributed by atoms with Crippen LogP contribution in [0.5, 0.6) is 0 Å². The van der Waals surface area contributed by atoms with Crippen molar-refractivity contribution >= 4 is 17.6 Å². The quantitative estimate of drug-likeness (QED) is 0.322. The van der Waals surface area contributed by atoms with Gasteiger partial charge in [0.25, 0.3) is 5.91 Å². The van der Waals surface area contributed by atoms with E-state index in [0.717, 1.165) is 5.69 Å². The van der Waals surface area contributed by atoms with Crippen LogP contribution >= 0.6 is 0 Å². The van der Waals surface area contributed by atoms with E-state index in [2.05, 4.69) is 20.6 Å². The molecule has 188 valence electrons. The van der Waals surface area contributed by atoms with Crippen molar-refractivity contribution in [2.45, 2.75) is 38.6 Å². The minimum absolute atomic E-state index is 0.205. The standard InChI is InChI=1S/C29H26F2N4O2/c1-16(17-4-8-20(30)9-5-17)27(36)34-23-14-19(12-13-32-23)26-24(18-6-10-21(31)11-7-18)25-22(33-26)15-29(2,3)35-28(25)37/h4-14,16,33H,15H2,1-3H3,(H,35,37)(H,32,34,36)/t16-/m0/s1. The minimum Gasteiger partial charge on any atom is -0.357 e. The maximum Gasteiger partial charge on any atom is 0.254 e. The second-order valence-corrected chi connectivity index (χ2v) is 9.94. The van der Waals surface area contributed by atoms with Crippen molar-refractivity contribution in [3.05, 3.63) is 95.3 Å². The maximum atomic E-state index is 13.7. The molecule has 0 fully saturated rings. The van der Waals surface area contributed by atoms with Gasteiger partial charge in [0.15, 0.2) is 0 Å². The lowest BCUT2D eigenvalue weighted by atomic mass is 9.88. The molecule has 2 aromatic heterocycles. The summed E-state index contributed by atoms with van der Waals surface area (Å²) in [6.45, 7) is 5.64. The van der Waals surface area contributed by atoms with Crippen LogP contribution in [0, 0.1) is 11.6 Å². The van der Waals surface area contributed by atoms with E-state index in [1.165, 1.54) is 24.3 Å². The third-order valence-corrected chi connectivity index (χ3v) is 6.57. The molecule has 8 heteroatoms. The zero-order chi connectivity index (χ0) is 26.3. The number of hydrogen-bond acceptors (Lipinski definition) is 3. The Morgan fingerprint density at radius 2 is 1.62 bits per heavy atom. The van der Waals surface area contributed by atoms with Crippen LogP contribution in [0.15, 0.2) is 66.9 Å². The first-order valence-electron chi connectivity index (χ1n) is 12.0. The Morgan fingerprint density at radius 1 is 0.973 bits per heavy atom. The molecule has 4 aromatic rings. The van der Waals surface area contributed by atoms with Crippen LogP contribution in [0.1, 0.15) is 48.3 Å². The highest BCUT2D eigenvalue weighted by Crippen LogP contribution is 2.40. The van der Waals surface area contributed by atoms with Crippen molar-refractivity contribution in [2.75, 3.05) is 5.32 Å². The maximum absolute atomic E-state index is 13.7. The van der Waals surface area contributed by atoms with Gasteiger partial charge in [-0.1, -0.05) is 24.3 Å². The van der Waals surface area contributed by atoms with Gasteiger partial charge in [-0.25, -0.2) is 13.8 Å². The highest BCUT2D eigenvalue weighted by Gasteiger charge is 2.35. The Morgan fingerprint density at radius 3 is 2.30 bits per heavy atom. The summed E-state index contributed by atoms with van der Waals surface area (Å²) in [5, 5.41) is 5.87. The Bertz CT molecular complexity index is 1490. The molecule has 37 heavy (non-hydrogen) atoms. The summed E-state index contributed by atoms with van der Waals surface area (Å²) in [6, 6.07) is 15.3. The summed E-state index contributed by atoms with van der Waals surface area (Å²) >= 11 is 0. The van der Waals surface area contributed by atoms with E-state index in [9.17, 15) is 18.4 Å². The molecule has 0 saturated heterocycles. The smallest absolute Gasteiger partial charge is 0.254 e. The first-order chi connectivity index (χ1) is 17.6. The van der Waals surface area contributed by atoms with Gasteiger partial charge >= 0.3 is 0 Å². The van der Waals surface area contributed by atoms with Gasteiger partial charge in [0.1, 0.15) is 17.5 Å². The summed E-state index contributed by atoms with van der Waals surface area (Å²) in [5.74, 6) is -1.42. The molecule has 1 aliphatic heterocycles. The number of benzene rings is 2. The minimum atomic E-state index is -0.524. The number of pyridine rings is 1. The van der Waals surface area contributed by atoms with Gasteiger partial charge in [-0.15, -0.1) is 0 Å². The molecule has 0 spiro atoms. The van der Waals surface area contributed by atoms with Crippen molar-refractivity contribution in [3.8, 4) is 22.4 Å². The molecule has 0 bridgehead atoms. The van der Waals surface area contributed by atoms with Crippen LogP contribution in [-0.2, 0) is 11.2 Å². The highest BCUT2D eigenvalue weighted by atomic mass is 19.1. The van der Waals surface area contributed by atoms with Crippen molar-refractivity contribution in [2.24, 2.45) is 0 Å². The molecule has 2 amide bonds. The number of aromatic nitrogens is 2. The number of halogens is 2. The largest absolute Gasteiger partial charge is 0.357 e. The predicted octanol–water partition coefficient (Wildman–Crippen LogP) is 5.83. The number of anilines is 1. The van der Waals surface area contributed by atoms with E-state index in [4.69, 9.17) is 0 Å². The van der Waals surface area contributed by atoms with Crippen molar-refractivity contribution < 1.29 is 18.4 Å². The van der Waals surface area contributed by atoms with Crippen LogP contribution in [0.25, 0.3) is 22.4 Å². The zero-order valence-electron chi connectivity index (χ0n) is 20.7. The summed E-state index contributed by atoms with van der Waals surface area (Å²) < 4.78 is 27.0. The van der Waals surface area contributed by atoms with E-state index < -0.39 is 11.5 Å². The number of fused-ring (bicyclic) bond motifs is 1. The molecule has 0 aliphatic carbocycles. The SMILES string of the molecule is C[C@H](C(=O)Nc1cc(-c2[nH]c3c(c2-c2ccc(F)cc2)C(=O)NC(C)(C)C3)ccn1)c1ccc(F)cc1. The normalized spacial score (nSPS) is 15.0. The van der Waals surface area contributed by atoms with Gasteiger partial charge < -0.3 is 15.6 Å². The van der Waals surface area contributed by atoms with E-state index in [-0.39, 0.29) is 23.4 Å². The van der Waals surface area contributed by atoms with Crippen LogP contribution in [-0.4, -0.2) is 27.3 Å². The van der Waals surface area contributed by atoms with E-state index in [1.807, 2.05) is 13.8 Å². The fraction of sp³-hybridized carbons (Fsp3) is 0.207. The molecule has 2 aromatic carbocycles. The van der Waals surface area contributed by atoms with Crippen molar-refractivity contribution in [1.82, 2.24) is 15.3 Å². The average molecular weight is 501 g/mol. The molecule has 6 nitrogen and oxygen atoms in total. The second kappa shape index (κ2) is 9.28. The molecule has 1 aliphatic rings. The summed E-state index contributed by atoms with van der Waals surface area (Å²) in [4.78, 5) is 33.8. The Balaban J connectivity index is 1.53. The molecular weight excluding hydrogens is 474 g/mol. The number of carbonyl (C=O) groups excluding carboxylic acids is 2. The molecule has 5 rings (SSSR count). The highest BCUT2D eigenvalue weighted by molar-refractivity contribution is 6.07. The Kier molecular flexibility index (Phi) is 6.11. The monoisotopic (exact) mass is 500 g/mol. The number of nitrogens with zero attached hydrogens (tertiary/aromatic N) is 1. The fourth-order valence-electron chi connectivity index (χ4n) is 4.70. The molecule has 0 saturated carbocycles. The molecule has 3 N–H and O–H groups in total. The van der Waals surface area contributed by atoms with E-state index in [1.54, 1.807) is 49.5 Å². The topological polar surface area (TPSA) is 86.9 Å². The molecule has 1 atom stereocenters. The molecule has 3 heterocycles. The van der Waals surface area contributed by atoms with Crippen molar-refractivity contribution in [1.29, 1.82) is 0 Å². The van der Waals surface area contributed by atoms with Crippen LogP contribution < -0.4 is 10.6 Å². The van der Waals surface area contributed by atoms with Crippen LogP contribution in [0.4, 0.5) is 14.6 Å². The van der Waals surface area contributed by atoms with Crippen molar-refractivity contribution in [3.63, 3.8) is 0 Å². The van der Waals surface area contributed by atoms with E-state index >= 15 is 0 Å². The van der Waals surface area contributed by atoms with Crippen LogP contribution in [0.2, 0.25) is 0 Å². The molecule has 0 radical (unpaired) electrons. The second-order valence-electron chi connectivity index (χ2n) is 9.94. The summed E-state index contributed by atoms with van der Waals surface area (Å²) in [6.07, 6.45) is 2.16. The number of hydrogen-bond donors (Lipinski definition) is 3. The third kappa shape index (κ3) is 4.87. The van der Waals surface area contributed by atoms with Crippen LogP contribution in [0.3, 0.4) is 0 Å². The lowest BCUT2D eigenvalue weighted by molar-refractivity contribution is -0.117. The van der Waals surface area contributed by atoms with Gasteiger partial charge in [0.05, 0.1) is 17.2 Å². The summed E-state index contributed by atoms with van der Waals surface area (Å²) in [5.41, 5.74) is 4.29. The average Bonchev–Trinajstić information content (AvgIpc) is 3.23. The third-order valence-electron chi connectivity index (χ3n) is 6.57. The number of H-pyrrole nitrogens is 1. The number of amides is 2. The Hall–Kier alpha value is -4.33. The lowest BCUT2D eigenvalue weighted by Gasteiger charge is -2.30. The number of carbonyl (C=O) groups is 2. The number of aromatic amines is 1. The lowest BCUT2D eigenvalue weighted by Crippen LogP contribution is -2.49. The molecular formula is C29H26F2N4O2. The van der Waals surface area contributed by atoms with Gasteiger partial charge in [0.2, 0.25) is 5.91 Å². The fourth-order valence-corrected chi connectivity index (χ4v) is 4.70. The van der Waals surface area contributed by atoms with E-state index in [0.29, 0.717) is 45.7 Å². The number of rotatable bonds is 5. The van der Waals surface area contributed by atoms with Gasteiger partial charge in [-0.05, 0) is 68.3 Å². The number of nitrogens with one attached hydrogen (secondary N) is 3.